The molecule has 0 spiro atoms. The molecule has 3 nitrogen and oxygen atoms in total. The molecule has 140 valence electrons. The van der Waals surface area contributed by atoms with Gasteiger partial charge in [0.05, 0.1) is 5.60 Å². The number of benzene rings is 2. The van der Waals surface area contributed by atoms with Crippen LogP contribution in [0.15, 0.2) is 42.5 Å². The molecule has 0 aromatic heterocycles. The van der Waals surface area contributed by atoms with Gasteiger partial charge >= 0.3 is 0 Å². The minimum atomic E-state index is -0.567. The molecule has 0 aliphatic rings. The molecule has 0 atom stereocenters. The van der Waals surface area contributed by atoms with E-state index in [9.17, 15) is 15.3 Å². The number of aromatic hydroxyl groups is 2. The third kappa shape index (κ3) is 6.93. The van der Waals surface area contributed by atoms with Crippen LogP contribution in [0, 0.1) is 0 Å². The maximum atomic E-state index is 9.74. The molecule has 2 aromatic rings. The van der Waals surface area contributed by atoms with E-state index in [0.29, 0.717) is 0 Å². The van der Waals surface area contributed by atoms with Gasteiger partial charge in [-0.05, 0) is 74.4 Å². The lowest BCUT2D eigenvalue weighted by Gasteiger charge is -2.16. The van der Waals surface area contributed by atoms with Gasteiger partial charge in [0, 0.05) is 6.07 Å². The summed E-state index contributed by atoms with van der Waals surface area (Å²) in [5.74, 6) is 0.125. The van der Waals surface area contributed by atoms with Crippen molar-refractivity contribution in [3.63, 3.8) is 0 Å². The number of phenols is 2. The fourth-order valence-electron chi connectivity index (χ4n) is 3.06. The summed E-state index contributed by atoms with van der Waals surface area (Å²) in [5.41, 5.74) is 3.63. The summed E-state index contributed by atoms with van der Waals surface area (Å²) in [6.45, 7) is 5.69. The lowest BCUT2D eigenvalue weighted by atomic mass is 9.98. The van der Waals surface area contributed by atoms with Gasteiger partial charge in [-0.1, -0.05) is 43.2 Å². The molecule has 2 rings (SSSR count). The van der Waals surface area contributed by atoms with Gasteiger partial charge in [0.2, 0.25) is 0 Å². The van der Waals surface area contributed by atoms with E-state index >= 15 is 0 Å². The SMILES string of the molecule is CC(=Cc1cccc(CCCCCC(C)(C)O)c1)c1cc(O)cc(O)c1. The number of unbranched alkanes of at least 4 members (excludes halogenated alkanes) is 2. The molecule has 0 aliphatic carbocycles. The number of aliphatic hydroxyl groups is 1. The van der Waals surface area contributed by atoms with Crippen LogP contribution in [0.3, 0.4) is 0 Å². The zero-order chi connectivity index (χ0) is 19.2. The second-order valence-corrected chi connectivity index (χ2v) is 7.68. The van der Waals surface area contributed by atoms with Crippen LogP contribution in [0.1, 0.15) is 63.1 Å². The van der Waals surface area contributed by atoms with Crippen LogP contribution in [-0.4, -0.2) is 20.9 Å². The Hall–Kier alpha value is -2.26. The molecule has 0 heterocycles. The second kappa shape index (κ2) is 8.91. The van der Waals surface area contributed by atoms with E-state index in [1.807, 2.05) is 20.8 Å². The summed E-state index contributed by atoms with van der Waals surface area (Å²) in [4.78, 5) is 0. The van der Waals surface area contributed by atoms with Crippen molar-refractivity contribution in [1.29, 1.82) is 0 Å². The zero-order valence-electron chi connectivity index (χ0n) is 16.0. The Morgan fingerprint density at radius 2 is 1.65 bits per heavy atom. The van der Waals surface area contributed by atoms with Crippen molar-refractivity contribution in [2.75, 3.05) is 0 Å². The van der Waals surface area contributed by atoms with Gasteiger partial charge in [-0.3, -0.25) is 0 Å². The average Bonchev–Trinajstić information content (AvgIpc) is 2.53. The molecule has 0 fully saturated rings. The van der Waals surface area contributed by atoms with Crippen molar-refractivity contribution in [1.82, 2.24) is 0 Å². The Bertz CT molecular complexity index is 734. The summed E-state index contributed by atoms with van der Waals surface area (Å²) in [6.07, 6.45) is 7.20. The van der Waals surface area contributed by atoms with E-state index in [1.54, 1.807) is 12.1 Å². The number of allylic oxidation sites excluding steroid dienone is 1. The van der Waals surface area contributed by atoms with Crippen molar-refractivity contribution in [3.05, 3.63) is 59.2 Å². The Morgan fingerprint density at radius 1 is 0.962 bits per heavy atom. The summed E-state index contributed by atoms with van der Waals surface area (Å²) in [6, 6.07) is 13.1. The van der Waals surface area contributed by atoms with Crippen molar-refractivity contribution in [2.24, 2.45) is 0 Å². The van der Waals surface area contributed by atoms with Gasteiger partial charge in [-0.25, -0.2) is 0 Å². The maximum Gasteiger partial charge on any atom is 0.119 e. The normalized spacial score (nSPS) is 12.4. The molecule has 3 heteroatoms. The zero-order valence-corrected chi connectivity index (χ0v) is 16.0. The number of hydrogen-bond acceptors (Lipinski definition) is 3. The van der Waals surface area contributed by atoms with E-state index in [0.717, 1.165) is 48.8 Å². The van der Waals surface area contributed by atoms with E-state index < -0.39 is 5.60 Å². The molecule has 0 unspecified atom stereocenters. The number of phenolic OH excluding ortho intramolecular Hbond substituents is 2. The van der Waals surface area contributed by atoms with Gasteiger partial charge in [-0.15, -0.1) is 0 Å². The van der Waals surface area contributed by atoms with Gasteiger partial charge in [-0.2, -0.15) is 0 Å². The van der Waals surface area contributed by atoms with Gasteiger partial charge < -0.3 is 15.3 Å². The molecule has 3 N–H and O–H groups in total. The van der Waals surface area contributed by atoms with Crippen molar-refractivity contribution in [2.45, 2.75) is 58.5 Å². The van der Waals surface area contributed by atoms with Crippen LogP contribution in [0.25, 0.3) is 11.6 Å². The summed E-state index contributed by atoms with van der Waals surface area (Å²) in [5, 5.41) is 29.0. The van der Waals surface area contributed by atoms with Crippen LogP contribution in [-0.2, 0) is 6.42 Å². The summed E-state index contributed by atoms with van der Waals surface area (Å²) >= 11 is 0. The van der Waals surface area contributed by atoms with Crippen LogP contribution in [0.5, 0.6) is 11.5 Å². The average molecular weight is 354 g/mol. The minimum Gasteiger partial charge on any atom is -0.508 e. The highest BCUT2D eigenvalue weighted by Crippen LogP contribution is 2.27. The number of rotatable bonds is 8. The van der Waals surface area contributed by atoms with E-state index in [4.69, 9.17) is 0 Å². The minimum absolute atomic E-state index is 0.0626. The van der Waals surface area contributed by atoms with Gasteiger partial charge in [0.25, 0.3) is 0 Å². The lowest BCUT2D eigenvalue weighted by molar-refractivity contribution is 0.0681. The number of aryl methyl sites for hydroxylation is 1. The van der Waals surface area contributed by atoms with Crippen LogP contribution in [0.2, 0.25) is 0 Å². The van der Waals surface area contributed by atoms with E-state index in [-0.39, 0.29) is 11.5 Å². The van der Waals surface area contributed by atoms with E-state index in [1.165, 1.54) is 11.6 Å². The maximum absolute atomic E-state index is 9.74. The molecule has 0 bridgehead atoms. The van der Waals surface area contributed by atoms with Crippen LogP contribution < -0.4 is 0 Å². The molecule has 0 amide bonds. The third-order valence-electron chi connectivity index (χ3n) is 4.45. The van der Waals surface area contributed by atoms with Crippen LogP contribution >= 0.6 is 0 Å². The second-order valence-electron chi connectivity index (χ2n) is 7.68. The Balaban J connectivity index is 1.97. The fraction of sp³-hybridized carbons (Fsp3) is 0.391. The smallest absolute Gasteiger partial charge is 0.119 e. The molecular formula is C23H30O3. The Morgan fingerprint density at radius 3 is 2.31 bits per heavy atom. The molecule has 2 aromatic carbocycles. The van der Waals surface area contributed by atoms with Crippen molar-refractivity contribution < 1.29 is 15.3 Å². The highest BCUT2D eigenvalue weighted by molar-refractivity contribution is 5.81. The van der Waals surface area contributed by atoms with E-state index in [2.05, 4.69) is 30.3 Å². The first-order chi connectivity index (χ1) is 12.2. The molecular weight excluding hydrogens is 324 g/mol. The predicted octanol–water partition coefficient (Wildman–Crippen LogP) is 5.53. The lowest BCUT2D eigenvalue weighted by Crippen LogP contribution is -2.17. The number of hydrogen-bond donors (Lipinski definition) is 3. The molecule has 0 saturated heterocycles. The largest absolute Gasteiger partial charge is 0.508 e. The third-order valence-corrected chi connectivity index (χ3v) is 4.45. The molecule has 0 aliphatic heterocycles. The first-order valence-electron chi connectivity index (χ1n) is 9.26. The molecule has 0 radical (unpaired) electrons. The summed E-state index contributed by atoms with van der Waals surface area (Å²) < 4.78 is 0. The van der Waals surface area contributed by atoms with Crippen molar-refractivity contribution >= 4 is 11.6 Å². The molecule has 26 heavy (non-hydrogen) atoms. The first kappa shape index (κ1) is 20.1. The Kier molecular flexibility index (Phi) is 6.87. The highest BCUT2D eigenvalue weighted by atomic mass is 16.3. The molecule has 0 saturated carbocycles. The highest BCUT2D eigenvalue weighted by Gasteiger charge is 2.10. The topological polar surface area (TPSA) is 60.7 Å². The van der Waals surface area contributed by atoms with Gasteiger partial charge in [0.15, 0.2) is 0 Å². The van der Waals surface area contributed by atoms with Crippen molar-refractivity contribution in [3.8, 4) is 11.5 Å². The Labute approximate surface area is 156 Å². The van der Waals surface area contributed by atoms with Crippen LogP contribution in [0.4, 0.5) is 0 Å². The standard InChI is InChI=1S/C23H30O3/c1-17(20-14-21(24)16-22(25)15-20)12-19-10-7-9-18(13-19)8-5-4-6-11-23(2,3)26/h7,9-10,12-16,24-26H,4-6,8,11H2,1-3H3. The quantitative estimate of drug-likeness (QED) is 0.431. The monoisotopic (exact) mass is 354 g/mol. The van der Waals surface area contributed by atoms with Gasteiger partial charge in [0.1, 0.15) is 11.5 Å². The summed E-state index contributed by atoms with van der Waals surface area (Å²) in [7, 11) is 0. The first-order valence-corrected chi connectivity index (χ1v) is 9.26. The predicted molar refractivity (Wildman–Crippen MR) is 108 cm³/mol. The fourth-order valence-corrected chi connectivity index (χ4v) is 3.06.